The van der Waals surface area contributed by atoms with Crippen molar-refractivity contribution in [2.75, 3.05) is 18.5 Å². The summed E-state index contributed by atoms with van der Waals surface area (Å²) >= 11 is 0. The van der Waals surface area contributed by atoms with Crippen molar-refractivity contribution < 1.29 is 18.3 Å². The van der Waals surface area contributed by atoms with Gasteiger partial charge in [0.1, 0.15) is 24.1 Å². The summed E-state index contributed by atoms with van der Waals surface area (Å²) in [5.74, 6) is -4.08. The van der Waals surface area contributed by atoms with E-state index in [1.807, 2.05) is 0 Å². The standard InChI is InChI=1S/C10H9F3N2O/c11-8-2-1-3-9(7(8)4-14)15-5-10(12,13)6-16/h1-3,15-16H,5-6H2. The van der Waals surface area contributed by atoms with E-state index in [1.54, 1.807) is 6.07 Å². The smallest absolute Gasteiger partial charge is 0.287 e. The monoisotopic (exact) mass is 230 g/mol. The fourth-order valence-corrected chi connectivity index (χ4v) is 1.07. The molecule has 0 spiro atoms. The molecule has 0 fully saturated rings. The molecule has 0 atom stereocenters. The van der Waals surface area contributed by atoms with Crippen LogP contribution in [0.15, 0.2) is 18.2 Å². The summed E-state index contributed by atoms with van der Waals surface area (Å²) in [5, 5.41) is 19.2. The molecule has 0 heterocycles. The average molecular weight is 230 g/mol. The van der Waals surface area contributed by atoms with Gasteiger partial charge >= 0.3 is 0 Å². The van der Waals surface area contributed by atoms with Gasteiger partial charge in [-0.25, -0.2) is 13.2 Å². The minimum absolute atomic E-state index is 0.0179. The molecule has 0 radical (unpaired) electrons. The Bertz CT molecular complexity index is 415. The highest BCUT2D eigenvalue weighted by Gasteiger charge is 2.27. The van der Waals surface area contributed by atoms with Crippen LogP contribution in [0, 0.1) is 17.1 Å². The van der Waals surface area contributed by atoms with Crippen LogP contribution in [0.4, 0.5) is 18.9 Å². The molecule has 0 saturated heterocycles. The fraction of sp³-hybridized carbons (Fsp3) is 0.300. The van der Waals surface area contributed by atoms with Crippen LogP contribution < -0.4 is 5.32 Å². The normalized spacial score (nSPS) is 10.9. The van der Waals surface area contributed by atoms with Crippen LogP contribution in [0.1, 0.15) is 5.56 Å². The number of nitrogens with zero attached hydrogens (tertiary/aromatic N) is 1. The maximum absolute atomic E-state index is 13.1. The second kappa shape index (κ2) is 4.86. The molecule has 0 unspecified atom stereocenters. The zero-order chi connectivity index (χ0) is 12.2. The number of hydrogen-bond donors (Lipinski definition) is 2. The highest BCUT2D eigenvalue weighted by molar-refractivity contribution is 5.57. The highest BCUT2D eigenvalue weighted by Crippen LogP contribution is 2.20. The van der Waals surface area contributed by atoms with Crippen molar-refractivity contribution in [3.05, 3.63) is 29.6 Å². The third-order valence-corrected chi connectivity index (χ3v) is 1.89. The molecule has 1 aromatic rings. The maximum atomic E-state index is 13.1. The Morgan fingerprint density at radius 1 is 1.44 bits per heavy atom. The number of benzene rings is 1. The topological polar surface area (TPSA) is 56.0 Å². The SMILES string of the molecule is N#Cc1c(F)cccc1NCC(F)(F)CO. The highest BCUT2D eigenvalue weighted by atomic mass is 19.3. The summed E-state index contributed by atoms with van der Waals surface area (Å²) in [4.78, 5) is 0. The third-order valence-electron chi connectivity index (χ3n) is 1.89. The Kier molecular flexibility index (Phi) is 3.74. The molecule has 6 heteroatoms. The van der Waals surface area contributed by atoms with Crippen molar-refractivity contribution in [1.29, 1.82) is 5.26 Å². The number of aliphatic hydroxyl groups is 1. The van der Waals surface area contributed by atoms with Crippen molar-refractivity contribution in [2.24, 2.45) is 0 Å². The fourth-order valence-electron chi connectivity index (χ4n) is 1.07. The predicted molar refractivity (Wildman–Crippen MR) is 51.6 cm³/mol. The van der Waals surface area contributed by atoms with Crippen LogP contribution in [-0.2, 0) is 0 Å². The summed E-state index contributed by atoms with van der Waals surface area (Å²) in [6.45, 7) is -2.17. The Morgan fingerprint density at radius 3 is 2.69 bits per heavy atom. The van der Waals surface area contributed by atoms with Crippen LogP contribution in [0.5, 0.6) is 0 Å². The van der Waals surface area contributed by atoms with Crippen LogP contribution >= 0.6 is 0 Å². The average Bonchev–Trinajstić information content (AvgIpc) is 2.26. The molecule has 1 aromatic carbocycles. The molecule has 0 aromatic heterocycles. The molecule has 0 aliphatic heterocycles. The minimum atomic E-state index is -3.31. The van der Waals surface area contributed by atoms with E-state index in [0.717, 1.165) is 6.07 Å². The van der Waals surface area contributed by atoms with Gasteiger partial charge in [-0.1, -0.05) is 6.07 Å². The van der Waals surface area contributed by atoms with Crippen molar-refractivity contribution >= 4 is 5.69 Å². The summed E-state index contributed by atoms with van der Waals surface area (Å²) in [6, 6.07) is 5.25. The molecule has 3 nitrogen and oxygen atoms in total. The van der Waals surface area contributed by atoms with Gasteiger partial charge < -0.3 is 10.4 Å². The van der Waals surface area contributed by atoms with E-state index >= 15 is 0 Å². The number of rotatable bonds is 4. The van der Waals surface area contributed by atoms with E-state index in [-0.39, 0.29) is 11.3 Å². The van der Waals surface area contributed by atoms with Crippen LogP contribution in [0.2, 0.25) is 0 Å². The van der Waals surface area contributed by atoms with E-state index in [9.17, 15) is 13.2 Å². The molecule has 0 aliphatic rings. The number of hydrogen-bond acceptors (Lipinski definition) is 3. The molecule has 1 rings (SSSR count). The van der Waals surface area contributed by atoms with Crippen molar-refractivity contribution in [2.45, 2.75) is 5.92 Å². The molecule has 0 saturated carbocycles. The zero-order valence-corrected chi connectivity index (χ0v) is 8.17. The lowest BCUT2D eigenvalue weighted by molar-refractivity contribution is -0.0372. The lowest BCUT2D eigenvalue weighted by Crippen LogP contribution is -2.31. The van der Waals surface area contributed by atoms with Crippen molar-refractivity contribution in [3.8, 4) is 6.07 Å². The van der Waals surface area contributed by atoms with Gasteiger partial charge in [0.2, 0.25) is 0 Å². The Hall–Kier alpha value is -1.74. The van der Waals surface area contributed by atoms with Gasteiger partial charge in [-0.2, -0.15) is 5.26 Å². The van der Waals surface area contributed by atoms with Gasteiger partial charge in [0.15, 0.2) is 0 Å². The van der Waals surface area contributed by atoms with E-state index in [2.05, 4.69) is 5.32 Å². The van der Waals surface area contributed by atoms with Gasteiger partial charge in [-0.3, -0.25) is 0 Å². The molecule has 0 amide bonds. The van der Waals surface area contributed by atoms with Gasteiger partial charge in [-0.15, -0.1) is 0 Å². The summed E-state index contributed by atoms with van der Waals surface area (Å²) < 4.78 is 38.4. The molecule has 86 valence electrons. The van der Waals surface area contributed by atoms with E-state index < -0.39 is 24.9 Å². The largest absolute Gasteiger partial charge is 0.390 e. The van der Waals surface area contributed by atoms with E-state index in [4.69, 9.17) is 10.4 Å². The Labute approximate surface area is 90.1 Å². The van der Waals surface area contributed by atoms with E-state index in [1.165, 1.54) is 12.1 Å². The van der Waals surface area contributed by atoms with E-state index in [0.29, 0.717) is 0 Å². The number of nitrogens with one attached hydrogen (secondary N) is 1. The lowest BCUT2D eigenvalue weighted by Gasteiger charge is -2.15. The Balaban J connectivity index is 2.83. The molecule has 16 heavy (non-hydrogen) atoms. The summed E-state index contributed by atoms with van der Waals surface area (Å²) in [5.41, 5.74) is -0.341. The predicted octanol–water partition coefficient (Wildman–Crippen LogP) is 1.74. The van der Waals surface area contributed by atoms with Gasteiger partial charge in [0.25, 0.3) is 5.92 Å². The number of nitriles is 1. The van der Waals surface area contributed by atoms with Gasteiger partial charge in [0, 0.05) is 0 Å². The van der Waals surface area contributed by atoms with Crippen LogP contribution in [-0.4, -0.2) is 24.2 Å². The second-order valence-electron chi connectivity index (χ2n) is 3.14. The van der Waals surface area contributed by atoms with Crippen LogP contribution in [0.25, 0.3) is 0 Å². The first-order chi connectivity index (χ1) is 7.50. The molecule has 0 bridgehead atoms. The third kappa shape index (κ3) is 2.87. The first kappa shape index (κ1) is 12.3. The molecule has 0 aliphatic carbocycles. The molecular weight excluding hydrogens is 221 g/mol. The second-order valence-corrected chi connectivity index (χ2v) is 3.14. The quantitative estimate of drug-likeness (QED) is 0.828. The van der Waals surface area contributed by atoms with Gasteiger partial charge in [0.05, 0.1) is 12.2 Å². The van der Waals surface area contributed by atoms with Crippen molar-refractivity contribution in [1.82, 2.24) is 0 Å². The van der Waals surface area contributed by atoms with Crippen molar-refractivity contribution in [3.63, 3.8) is 0 Å². The zero-order valence-electron chi connectivity index (χ0n) is 8.17. The molecule has 2 N–H and O–H groups in total. The first-order valence-corrected chi connectivity index (χ1v) is 4.41. The Morgan fingerprint density at radius 2 is 2.12 bits per heavy atom. The number of alkyl halides is 2. The molecular formula is C10H9F3N2O. The number of halogens is 3. The van der Waals surface area contributed by atoms with Gasteiger partial charge in [-0.05, 0) is 12.1 Å². The summed E-state index contributed by atoms with van der Waals surface area (Å²) in [7, 11) is 0. The number of anilines is 1. The van der Waals surface area contributed by atoms with Crippen LogP contribution in [0.3, 0.4) is 0 Å². The maximum Gasteiger partial charge on any atom is 0.287 e. The lowest BCUT2D eigenvalue weighted by atomic mass is 10.2. The number of aliphatic hydroxyl groups excluding tert-OH is 1. The first-order valence-electron chi connectivity index (χ1n) is 4.41. The minimum Gasteiger partial charge on any atom is -0.390 e. The summed E-state index contributed by atoms with van der Waals surface area (Å²) in [6.07, 6.45) is 0.